The van der Waals surface area contributed by atoms with Crippen molar-refractivity contribution in [3.8, 4) is 0 Å². The van der Waals surface area contributed by atoms with E-state index in [0.717, 1.165) is 33.0 Å². The Morgan fingerprint density at radius 2 is 1.35 bits per heavy atom. The molecule has 2 atom stereocenters. The number of aryl methyl sites for hydroxylation is 1. The molecule has 0 unspecified atom stereocenters. The molecule has 0 spiro atoms. The van der Waals surface area contributed by atoms with Gasteiger partial charge in [0.2, 0.25) is 11.8 Å². The Morgan fingerprint density at radius 3 is 1.91 bits per heavy atom. The zero-order chi connectivity index (χ0) is 33.3. The molecular weight excluding hydrogens is 595 g/mol. The summed E-state index contributed by atoms with van der Waals surface area (Å²) in [5.41, 5.74) is 4.24. The van der Waals surface area contributed by atoms with E-state index in [1.54, 1.807) is 30.3 Å². The van der Waals surface area contributed by atoms with Crippen LogP contribution in [0.25, 0.3) is 0 Å². The van der Waals surface area contributed by atoms with Gasteiger partial charge in [0, 0.05) is 19.0 Å². The maximum Gasteiger partial charge on any atom is 0.264 e. The molecule has 0 fully saturated rings. The lowest BCUT2D eigenvalue weighted by Crippen LogP contribution is -2.54. The van der Waals surface area contributed by atoms with Gasteiger partial charge in [-0.1, -0.05) is 111 Å². The first-order chi connectivity index (χ1) is 22.0. The molecule has 0 bridgehead atoms. The molecule has 4 rings (SSSR count). The van der Waals surface area contributed by atoms with Crippen LogP contribution in [-0.2, 0) is 32.6 Å². The van der Waals surface area contributed by atoms with Gasteiger partial charge in [-0.25, -0.2) is 8.42 Å². The highest BCUT2D eigenvalue weighted by molar-refractivity contribution is 7.92. The Hall–Kier alpha value is -4.43. The highest BCUT2D eigenvalue weighted by atomic mass is 32.2. The van der Waals surface area contributed by atoms with Crippen molar-refractivity contribution in [2.75, 3.05) is 10.8 Å². The van der Waals surface area contributed by atoms with Crippen molar-refractivity contribution in [3.05, 3.63) is 131 Å². The van der Waals surface area contributed by atoms with Gasteiger partial charge in [0.05, 0.1) is 10.6 Å². The van der Waals surface area contributed by atoms with E-state index in [0.29, 0.717) is 5.69 Å². The van der Waals surface area contributed by atoms with Gasteiger partial charge in [0.25, 0.3) is 10.0 Å². The molecule has 2 amide bonds. The second kappa shape index (κ2) is 15.7. The lowest BCUT2D eigenvalue weighted by Gasteiger charge is -2.34. The van der Waals surface area contributed by atoms with Crippen LogP contribution in [0.4, 0.5) is 5.69 Å². The summed E-state index contributed by atoms with van der Waals surface area (Å²) < 4.78 is 29.5. The van der Waals surface area contributed by atoms with Crippen molar-refractivity contribution in [2.24, 2.45) is 0 Å². The Bertz CT molecular complexity index is 1670. The monoisotopic (exact) mass is 639 g/mol. The number of nitrogens with one attached hydrogen (secondary N) is 1. The van der Waals surface area contributed by atoms with Crippen molar-refractivity contribution >= 4 is 27.5 Å². The largest absolute Gasteiger partial charge is 0.352 e. The van der Waals surface area contributed by atoms with Gasteiger partial charge in [-0.05, 0) is 67.1 Å². The Balaban J connectivity index is 1.80. The Morgan fingerprint density at radius 1 is 0.761 bits per heavy atom. The van der Waals surface area contributed by atoms with Gasteiger partial charge in [-0.3, -0.25) is 13.9 Å². The highest BCUT2D eigenvalue weighted by Gasteiger charge is 2.35. The summed E-state index contributed by atoms with van der Waals surface area (Å²) in [6.07, 6.45) is 1.00. The second-order valence-electron chi connectivity index (χ2n) is 12.1. The highest BCUT2D eigenvalue weighted by Crippen LogP contribution is 2.27. The van der Waals surface area contributed by atoms with E-state index in [9.17, 15) is 18.0 Å². The molecule has 4 aromatic rings. The summed E-state index contributed by atoms with van der Waals surface area (Å²) in [6, 6.07) is 31.8. The lowest BCUT2D eigenvalue weighted by atomic mass is 10.0. The zero-order valence-electron chi connectivity index (χ0n) is 27.4. The second-order valence-corrected chi connectivity index (χ2v) is 14.0. The van der Waals surface area contributed by atoms with Gasteiger partial charge >= 0.3 is 0 Å². The third kappa shape index (κ3) is 8.85. The third-order valence-corrected chi connectivity index (χ3v) is 9.99. The number of amides is 2. The summed E-state index contributed by atoms with van der Waals surface area (Å²) in [7, 11) is -4.14. The van der Waals surface area contributed by atoms with Gasteiger partial charge in [0.1, 0.15) is 12.6 Å². The average molecular weight is 640 g/mol. The number of carbonyl (C=O) groups excluding carboxylic acids is 2. The third-order valence-electron chi connectivity index (χ3n) is 8.20. The first-order valence-electron chi connectivity index (χ1n) is 15.9. The number of nitrogens with zero attached hydrogens (tertiary/aromatic N) is 2. The minimum atomic E-state index is -4.14. The molecule has 0 heterocycles. The van der Waals surface area contributed by atoms with Crippen LogP contribution in [0.5, 0.6) is 0 Å². The smallest absolute Gasteiger partial charge is 0.264 e. The molecule has 1 N–H and O–H groups in total. The van der Waals surface area contributed by atoms with E-state index in [1.807, 2.05) is 87.5 Å². The van der Waals surface area contributed by atoms with Crippen LogP contribution < -0.4 is 9.62 Å². The van der Waals surface area contributed by atoms with Crippen LogP contribution in [0.3, 0.4) is 0 Å². The summed E-state index contributed by atoms with van der Waals surface area (Å²) in [5.74, 6) is -0.506. The zero-order valence-corrected chi connectivity index (χ0v) is 28.2. The van der Waals surface area contributed by atoms with E-state index in [4.69, 9.17) is 0 Å². The molecule has 0 aliphatic rings. The van der Waals surface area contributed by atoms with E-state index in [1.165, 1.54) is 17.0 Å². The number of anilines is 1. The van der Waals surface area contributed by atoms with E-state index < -0.39 is 28.5 Å². The first-order valence-corrected chi connectivity index (χ1v) is 17.3. The van der Waals surface area contributed by atoms with Gasteiger partial charge in [-0.15, -0.1) is 0 Å². The van der Waals surface area contributed by atoms with Crippen molar-refractivity contribution < 1.29 is 18.0 Å². The number of rotatable bonds is 14. The van der Waals surface area contributed by atoms with E-state index in [2.05, 4.69) is 19.2 Å². The maximum absolute atomic E-state index is 14.6. The van der Waals surface area contributed by atoms with Crippen molar-refractivity contribution in [3.63, 3.8) is 0 Å². The number of hydrogen-bond acceptors (Lipinski definition) is 4. The molecular formula is C38H45N3O4S. The summed E-state index contributed by atoms with van der Waals surface area (Å²) in [5, 5.41) is 3.07. The fraction of sp³-hybridized carbons (Fsp3) is 0.316. The molecule has 0 saturated heterocycles. The number of sulfonamides is 1. The molecule has 4 aromatic carbocycles. The fourth-order valence-electron chi connectivity index (χ4n) is 5.16. The van der Waals surface area contributed by atoms with Crippen molar-refractivity contribution in [1.29, 1.82) is 0 Å². The minimum absolute atomic E-state index is 0.0798. The van der Waals surface area contributed by atoms with Crippen LogP contribution in [-0.4, -0.2) is 43.8 Å². The Labute approximate surface area is 274 Å². The molecule has 7 nitrogen and oxygen atoms in total. The molecule has 0 radical (unpaired) electrons. The van der Waals surface area contributed by atoms with Crippen LogP contribution in [0.15, 0.2) is 114 Å². The van der Waals surface area contributed by atoms with E-state index >= 15 is 0 Å². The van der Waals surface area contributed by atoms with Crippen LogP contribution >= 0.6 is 0 Å². The van der Waals surface area contributed by atoms with Gasteiger partial charge in [0.15, 0.2) is 0 Å². The topological polar surface area (TPSA) is 86.8 Å². The molecule has 0 aliphatic carbocycles. The summed E-state index contributed by atoms with van der Waals surface area (Å²) in [6.45, 7) is 9.69. The number of carbonyl (C=O) groups is 2. The summed E-state index contributed by atoms with van der Waals surface area (Å²) >= 11 is 0. The molecule has 0 saturated carbocycles. The van der Waals surface area contributed by atoms with Crippen molar-refractivity contribution in [1.82, 2.24) is 10.2 Å². The molecule has 242 valence electrons. The van der Waals surface area contributed by atoms with Crippen LogP contribution in [0.2, 0.25) is 0 Å². The minimum Gasteiger partial charge on any atom is -0.352 e. The Kier molecular flexibility index (Phi) is 11.8. The predicted molar refractivity (Wildman–Crippen MR) is 185 cm³/mol. The maximum atomic E-state index is 14.6. The molecule has 0 aromatic heterocycles. The SMILES string of the molecule is CC[C@@H](C)NC(=O)[C@@H](Cc1ccccc1)N(Cc1ccc(C)cc1)C(=O)CN(c1ccc(C(C)C)cc1)S(=O)(=O)c1ccccc1. The van der Waals surface area contributed by atoms with Crippen LogP contribution in [0, 0.1) is 6.92 Å². The lowest BCUT2D eigenvalue weighted by molar-refractivity contribution is -0.140. The quantitative estimate of drug-likeness (QED) is 0.163. The molecule has 46 heavy (non-hydrogen) atoms. The average Bonchev–Trinajstić information content (AvgIpc) is 3.06. The summed E-state index contributed by atoms with van der Waals surface area (Å²) in [4.78, 5) is 30.1. The van der Waals surface area contributed by atoms with Crippen LogP contribution in [0.1, 0.15) is 62.3 Å². The van der Waals surface area contributed by atoms with Gasteiger partial charge in [-0.2, -0.15) is 0 Å². The normalized spacial score (nSPS) is 12.7. The fourth-order valence-corrected chi connectivity index (χ4v) is 6.59. The standard InChI is InChI=1S/C38H45N3O4S/c1-6-30(5)39-38(43)36(25-31-13-9-7-10-14-31)40(26-32-19-17-29(4)18-20-32)37(42)27-41(34-23-21-33(22-24-34)28(2)3)46(44,45)35-15-11-8-12-16-35/h7-24,28,30,36H,6,25-27H2,1-5H3,(H,39,43)/t30-,36-/m1/s1. The number of benzene rings is 4. The number of hydrogen-bond donors (Lipinski definition) is 1. The van der Waals surface area contributed by atoms with Gasteiger partial charge < -0.3 is 10.2 Å². The predicted octanol–water partition coefficient (Wildman–Crippen LogP) is 6.87. The van der Waals surface area contributed by atoms with Crippen molar-refractivity contribution in [2.45, 2.75) is 76.9 Å². The molecule has 8 heteroatoms. The molecule has 0 aliphatic heterocycles. The van der Waals surface area contributed by atoms with E-state index in [-0.39, 0.29) is 35.7 Å². The first kappa shape index (κ1) is 34.4.